The maximum Gasteiger partial charge on any atom is 0.241 e. The zero-order valence-electron chi connectivity index (χ0n) is 19.9. The molecular weight excluding hydrogens is 409 g/mol. The predicted molar refractivity (Wildman–Crippen MR) is 148 cm³/mol. The molecule has 0 aliphatic rings. The Labute approximate surface area is 204 Å². The fourth-order valence-electron chi connectivity index (χ4n) is 4.21. The smallest absolute Gasteiger partial charge is 0.241 e. The van der Waals surface area contributed by atoms with Gasteiger partial charge in [0.2, 0.25) is 6.71 Å². The molecule has 0 saturated heterocycles. The molecule has 1 nitrogen and oxygen atoms in total. The monoisotopic (exact) mass is 439 g/mol. The number of aromatic nitrogens is 1. The number of hydrogen-bond donors (Lipinski definition) is 0. The van der Waals surface area contributed by atoms with Crippen LogP contribution in [0.4, 0.5) is 0 Å². The summed E-state index contributed by atoms with van der Waals surface area (Å²) < 4.78 is 0. The van der Waals surface area contributed by atoms with E-state index in [0.29, 0.717) is 5.92 Å². The molecular formula is C32H30BN. The summed E-state index contributed by atoms with van der Waals surface area (Å²) in [7, 11) is 0. The van der Waals surface area contributed by atoms with Gasteiger partial charge in [-0.05, 0) is 34.7 Å². The zero-order chi connectivity index (χ0) is 23.6. The first-order valence-electron chi connectivity index (χ1n) is 11.9. The summed E-state index contributed by atoms with van der Waals surface area (Å²) in [5.74, 6) is 0.503. The average molecular weight is 439 g/mol. The highest BCUT2D eigenvalue weighted by Gasteiger charge is 2.24. The quantitative estimate of drug-likeness (QED) is 0.303. The lowest BCUT2D eigenvalue weighted by Crippen LogP contribution is -2.52. The minimum absolute atomic E-state index is 0.207. The van der Waals surface area contributed by atoms with Crippen LogP contribution in [0.1, 0.15) is 25.3 Å². The highest BCUT2D eigenvalue weighted by atomic mass is 14.6. The van der Waals surface area contributed by atoms with Gasteiger partial charge in [-0.25, -0.2) is 0 Å². The van der Waals surface area contributed by atoms with Crippen molar-refractivity contribution in [2.75, 3.05) is 0 Å². The van der Waals surface area contributed by atoms with E-state index in [4.69, 9.17) is 0 Å². The van der Waals surface area contributed by atoms with E-state index in [-0.39, 0.29) is 6.71 Å². The number of hydrogen-bond acceptors (Lipinski definition) is 1. The molecule has 0 amide bonds. The second kappa shape index (κ2) is 11.8. The van der Waals surface area contributed by atoms with Crippen molar-refractivity contribution in [1.29, 1.82) is 0 Å². The summed E-state index contributed by atoms with van der Waals surface area (Å²) in [6.45, 7) is 4.73. The van der Waals surface area contributed by atoms with Gasteiger partial charge in [0.25, 0.3) is 0 Å². The Balaban J connectivity index is 0.000000398. The lowest BCUT2D eigenvalue weighted by Gasteiger charge is -2.21. The van der Waals surface area contributed by atoms with Crippen LogP contribution in [-0.4, -0.2) is 11.7 Å². The average Bonchev–Trinajstić information content (AvgIpc) is 2.92. The largest absolute Gasteiger partial charge is 0.265 e. The third kappa shape index (κ3) is 5.91. The summed E-state index contributed by atoms with van der Waals surface area (Å²) in [6, 6.07) is 45.2. The van der Waals surface area contributed by atoms with Gasteiger partial charge in [0.05, 0.1) is 0 Å². The molecule has 0 N–H and O–H groups in total. The maximum atomic E-state index is 3.78. The van der Waals surface area contributed by atoms with Gasteiger partial charge in [0, 0.05) is 12.4 Å². The first-order chi connectivity index (χ1) is 16.7. The van der Waals surface area contributed by atoms with E-state index in [1.807, 2.05) is 18.2 Å². The molecule has 0 unspecified atom stereocenters. The lowest BCUT2D eigenvalue weighted by atomic mass is 9.36. The van der Waals surface area contributed by atoms with Crippen LogP contribution in [0.15, 0.2) is 140 Å². The summed E-state index contributed by atoms with van der Waals surface area (Å²) in [5, 5.41) is 0. The Hall–Kier alpha value is -3.91. The molecule has 2 heteroatoms. The standard InChI is InChI=1S/C27H25B.C5H5N/c1-21(2)23-18-19-27(26(20-23)22-12-6-3-7-13-22)28(24-14-8-4-9-15-24)25-16-10-5-11-17-25;1-2-4-6-5-3-1/h3-21H,1-2H3;1-5H. The number of pyridine rings is 1. The fraction of sp³-hybridized carbons (Fsp3) is 0.0938. The van der Waals surface area contributed by atoms with Gasteiger partial charge in [0.1, 0.15) is 0 Å². The molecule has 0 radical (unpaired) electrons. The summed E-state index contributed by atoms with van der Waals surface area (Å²) in [4.78, 5) is 3.78. The first kappa shape index (κ1) is 23.3. The van der Waals surface area contributed by atoms with Crippen molar-refractivity contribution in [3.63, 3.8) is 0 Å². The molecule has 1 aromatic heterocycles. The molecule has 0 fully saturated rings. The fourth-order valence-corrected chi connectivity index (χ4v) is 4.21. The van der Waals surface area contributed by atoms with E-state index < -0.39 is 0 Å². The molecule has 0 saturated carbocycles. The summed E-state index contributed by atoms with van der Waals surface area (Å²) in [5.41, 5.74) is 7.98. The van der Waals surface area contributed by atoms with E-state index in [0.717, 1.165) is 0 Å². The molecule has 0 spiro atoms. The third-order valence-corrected chi connectivity index (χ3v) is 5.97. The molecule has 0 aliphatic heterocycles. The van der Waals surface area contributed by atoms with E-state index in [9.17, 15) is 0 Å². The van der Waals surface area contributed by atoms with E-state index in [2.05, 4.69) is 128 Å². The highest BCUT2D eigenvalue weighted by Crippen LogP contribution is 2.23. The van der Waals surface area contributed by atoms with E-state index >= 15 is 0 Å². The molecule has 34 heavy (non-hydrogen) atoms. The normalized spacial score (nSPS) is 10.3. The second-order valence-electron chi connectivity index (χ2n) is 8.65. The predicted octanol–water partition coefficient (Wildman–Crippen LogP) is 6.07. The zero-order valence-corrected chi connectivity index (χ0v) is 19.9. The molecule has 0 atom stereocenters. The van der Waals surface area contributed by atoms with Crippen LogP contribution in [0.25, 0.3) is 11.1 Å². The topological polar surface area (TPSA) is 12.9 Å². The van der Waals surface area contributed by atoms with Crippen molar-refractivity contribution < 1.29 is 0 Å². The van der Waals surface area contributed by atoms with Crippen LogP contribution in [-0.2, 0) is 0 Å². The Kier molecular flexibility index (Phi) is 8.08. The van der Waals surface area contributed by atoms with Crippen LogP contribution in [0.2, 0.25) is 0 Å². The number of rotatable bonds is 5. The van der Waals surface area contributed by atoms with E-state index in [1.165, 1.54) is 33.1 Å². The molecule has 0 bridgehead atoms. The highest BCUT2D eigenvalue weighted by molar-refractivity contribution is 6.96. The van der Waals surface area contributed by atoms with Crippen molar-refractivity contribution in [2.45, 2.75) is 19.8 Å². The van der Waals surface area contributed by atoms with Crippen molar-refractivity contribution in [1.82, 2.24) is 4.98 Å². The van der Waals surface area contributed by atoms with Crippen molar-refractivity contribution in [3.8, 4) is 11.1 Å². The van der Waals surface area contributed by atoms with Crippen molar-refractivity contribution >= 4 is 23.1 Å². The Morgan fingerprint density at radius 2 is 1.06 bits per heavy atom. The van der Waals surface area contributed by atoms with Crippen LogP contribution >= 0.6 is 0 Å². The van der Waals surface area contributed by atoms with E-state index in [1.54, 1.807) is 12.4 Å². The molecule has 166 valence electrons. The van der Waals surface area contributed by atoms with Crippen molar-refractivity contribution in [3.05, 3.63) is 145 Å². The van der Waals surface area contributed by atoms with Gasteiger partial charge in [-0.15, -0.1) is 0 Å². The Morgan fingerprint density at radius 1 is 0.559 bits per heavy atom. The minimum Gasteiger partial charge on any atom is -0.265 e. The van der Waals surface area contributed by atoms with Gasteiger partial charge in [-0.3, -0.25) is 4.98 Å². The summed E-state index contributed by atoms with van der Waals surface area (Å²) >= 11 is 0. The van der Waals surface area contributed by atoms with Crippen molar-refractivity contribution in [2.24, 2.45) is 0 Å². The van der Waals surface area contributed by atoms with Crippen LogP contribution in [0.3, 0.4) is 0 Å². The first-order valence-corrected chi connectivity index (χ1v) is 11.9. The Bertz CT molecular complexity index is 1190. The van der Waals surface area contributed by atoms with Gasteiger partial charge in [0.15, 0.2) is 0 Å². The van der Waals surface area contributed by atoms with Crippen LogP contribution in [0.5, 0.6) is 0 Å². The molecule has 4 aromatic carbocycles. The SMILES string of the molecule is CC(C)c1ccc(B(c2ccccc2)c2ccccc2)c(-c2ccccc2)c1.c1ccncc1. The summed E-state index contributed by atoms with van der Waals surface area (Å²) in [6.07, 6.45) is 3.50. The molecule has 1 heterocycles. The Morgan fingerprint density at radius 3 is 1.50 bits per heavy atom. The number of nitrogens with zero attached hydrogens (tertiary/aromatic N) is 1. The maximum absolute atomic E-state index is 3.78. The van der Waals surface area contributed by atoms with Gasteiger partial charge < -0.3 is 0 Å². The van der Waals surface area contributed by atoms with Gasteiger partial charge in [-0.2, -0.15) is 0 Å². The minimum atomic E-state index is 0.207. The lowest BCUT2D eigenvalue weighted by molar-refractivity contribution is 0.867. The third-order valence-electron chi connectivity index (χ3n) is 5.97. The molecule has 0 aliphatic carbocycles. The number of benzene rings is 4. The molecule has 5 aromatic rings. The second-order valence-corrected chi connectivity index (χ2v) is 8.65. The van der Waals surface area contributed by atoms with Crippen LogP contribution < -0.4 is 16.4 Å². The molecule has 5 rings (SSSR count). The van der Waals surface area contributed by atoms with Gasteiger partial charge in [-0.1, -0.05) is 145 Å². The van der Waals surface area contributed by atoms with Crippen LogP contribution in [0, 0.1) is 0 Å². The van der Waals surface area contributed by atoms with Gasteiger partial charge >= 0.3 is 0 Å².